The summed E-state index contributed by atoms with van der Waals surface area (Å²) in [6.45, 7) is 4.01. The number of rotatable bonds is 9. The number of para-hydroxylation sites is 2. The highest BCUT2D eigenvalue weighted by Crippen LogP contribution is 2.59. The van der Waals surface area contributed by atoms with Gasteiger partial charge in [0.05, 0.1) is 10.8 Å². The largest absolute Gasteiger partial charge is 0.457 e. The summed E-state index contributed by atoms with van der Waals surface area (Å²) in [6.07, 6.45) is 8.01. The molecule has 3 heteroatoms. The number of anilines is 2. The second kappa shape index (κ2) is 14.8. The molecular weight excluding hydrogens is 722 g/mol. The summed E-state index contributed by atoms with van der Waals surface area (Å²) in [5.41, 5.74) is 11.5. The number of hydrogen-bond donors (Lipinski definition) is 0. The quantitative estimate of drug-likeness (QED) is 0.136. The molecular formula is C56H40FNO. The zero-order valence-corrected chi connectivity index (χ0v) is 32.4. The molecule has 0 atom stereocenters. The lowest BCUT2D eigenvalue weighted by Gasteiger charge is -2.43. The molecule has 0 saturated carbocycles. The second-order valence-electron chi connectivity index (χ2n) is 14.9. The molecule has 59 heavy (non-hydrogen) atoms. The number of hydrogen-bond acceptors (Lipinski definition) is 2. The molecule has 1 aliphatic carbocycles. The maximum atomic E-state index is 14.9. The van der Waals surface area contributed by atoms with E-state index in [1.165, 1.54) is 22.3 Å². The minimum absolute atomic E-state index is 0.294. The normalized spacial score (nSPS) is 14.4. The molecule has 0 unspecified atom stereocenters. The number of benzene rings is 8. The maximum Gasteiger partial charge on any atom is 0.132 e. The lowest BCUT2D eigenvalue weighted by molar-refractivity contribution is 0.434. The summed E-state index contributed by atoms with van der Waals surface area (Å²) in [6, 6.07) is 71.3. The van der Waals surface area contributed by atoms with Gasteiger partial charge in [-0.25, -0.2) is 4.39 Å². The van der Waals surface area contributed by atoms with Crippen LogP contribution in [0.15, 0.2) is 243 Å². The fourth-order valence-corrected chi connectivity index (χ4v) is 9.60. The molecule has 0 radical (unpaired) electrons. The van der Waals surface area contributed by atoms with Crippen molar-refractivity contribution in [2.75, 3.05) is 4.90 Å². The van der Waals surface area contributed by atoms with Crippen LogP contribution in [0.4, 0.5) is 15.8 Å². The number of nitrogens with zero attached hydrogens (tertiary/aromatic N) is 1. The van der Waals surface area contributed by atoms with Crippen LogP contribution in [0.5, 0.6) is 11.5 Å². The van der Waals surface area contributed by atoms with Crippen LogP contribution in [0.25, 0.3) is 11.1 Å². The van der Waals surface area contributed by atoms with Crippen molar-refractivity contribution in [3.8, 4) is 22.6 Å². The van der Waals surface area contributed by atoms with E-state index in [1.54, 1.807) is 18.2 Å². The molecule has 1 heterocycles. The Balaban J connectivity index is 1.26. The van der Waals surface area contributed by atoms with Gasteiger partial charge in [0, 0.05) is 28.2 Å². The van der Waals surface area contributed by atoms with Crippen LogP contribution in [0, 0.1) is 5.82 Å². The average molecular weight is 762 g/mol. The molecule has 8 aromatic rings. The van der Waals surface area contributed by atoms with Crippen molar-refractivity contribution in [2.24, 2.45) is 0 Å². The van der Waals surface area contributed by atoms with Gasteiger partial charge in [-0.3, -0.25) is 0 Å². The maximum absolute atomic E-state index is 14.9. The minimum atomic E-state index is -0.767. The van der Waals surface area contributed by atoms with Crippen LogP contribution in [-0.4, -0.2) is 0 Å². The van der Waals surface area contributed by atoms with Crippen LogP contribution in [0.3, 0.4) is 0 Å². The van der Waals surface area contributed by atoms with Gasteiger partial charge in [-0.1, -0.05) is 183 Å². The SMILES string of the molecule is C=C/C=C\C=C(/N(c1ccc(F)cc1)c1ccc(C2(c3ccccc3)c3ccccc3Oc3ccccc32)cc1)C1(c2ccccc2)c2ccccc2-c2ccccc21. The molecule has 0 spiro atoms. The molecule has 0 bridgehead atoms. The van der Waals surface area contributed by atoms with E-state index in [0.717, 1.165) is 56.4 Å². The van der Waals surface area contributed by atoms with Gasteiger partial charge in [0.2, 0.25) is 0 Å². The summed E-state index contributed by atoms with van der Waals surface area (Å²) in [4.78, 5) is 2.30. The highest BCUT2D eigenvalue weighted by Gasteiger charge is 2.50. The van der Waals surface area contributed by atoms with Crippen molar-refractivity contribution in [2.45, 2.75) is 10.8 Å². The second-order valence-corrected chi connectivity index (χ2v) is 14.9. The zero-order valence-electron chi connectivity index (χ0n) is 32.4. The molecule has 1 aliphatic heterocycles. The first-order valence-electron chi connectivity index (χ1n) is 20.0. The smallest absolute Gasteiger partial charge is 0.132 e. The number of halogens is 1. The lowest BCUT2D eigenvalue weighted by Crippen LogP contribution is -2.38. The Morgan fingerprint density at radius 3 is 1.44 bits per heavy atom. The fourth-order valence-electron chi connectivity index (χ4n) is 9.60. The van der Waals surface area contributed by atoms with Crippen molar-refractivity contribution in [1.82, 2.24) is 0 Å². The summed E-state index contributed by atoms with van der Waals surface area (Å²) < 4.78 is 21.5. The van der Waals surface area contributed by atoms with Gasteiger partial charge in [0.1, 0.15) is 17.3 Å². The molecule has 2 nitrogen and oxygen atoms in total. The molecule has 8 aromatic carbocycles. The van der Waals surface area contributed by atoms with Gasteiger partial charge >= 0.3 is 0 Å². The Hall–Kier alpha value is -7.49. The first kappa shape index (κ1) is 35.9. The number of fused-ring (bicyclic) bond motifs is 5. The molecule has 0 aromatic heterocycles. The van der Waals surface area contributed by atoms with E-state index in [2.05, 4.69) is 193 Å². The summed E-state index contributed by atoms with van der Waals surface area (Å²) in [5.74, 6) is 1.36. The summed E-state index contributed by atoms with van der Waals surface area (Å²) >= 11 is 0. The Bertz CT molecular complexity index is 2780. The Kier molecular flexibility index (Phi) is 8.99. The van der Waals surface area contributed by atoms with Crippen molar-refractivity contribution in [3.63, 3.8) is 0 Å². The monoisotopic (exact) mass is 761 g/mol. The van der Waals surface area contributed by atoms with Gasteiger partial charge < -0.3 is 9.64 Å². The Morgan fingerprint density at radius 1 is 0.458 bits per heavy atom. The van der Waals surface area contributed by atoms with E-state index in [4.69, 9.17) is 4.74 Å². The lowest BCUT2D eigenvalue weighted by atomic mass is 9.63. The fraction of sp³-hybridized carbons (Fsp3) is 0.0357. The van der Waals surface area contributed by atoms with Crippen molar-refractivity contribution in [1.29, 1.82) is 0 Å². The first-order chi connectivity index (χ1) is 29.2. The molecule has 0 amide bonds. The van der Waals surface area contributed by atoms with Crippen LogP contribution in [0.2, 0.25) is 0 Å². The minimum Gasteiger partial charge on any atom is -0.457 e. The molecule has 0 fully saturated rings. The molecule has 10 rings (SSSR count). The van der Waals surface area contributed by atoms with Gasteiger partial charge in [-0.15, -0.1) is 0 Å². The van der Waals surface area contributed by atoms with E-state index in [1.807, 2.05) is 30.3 Å². The van der Waals surface area contributed by atoms with E-state index in [0.29, 0.717) is 0 Å². The van der Waals surface area contributed by atoms with Crippen LogP contribution in [-0.2, 0) is 10.8 Å². The highest BCUT2D eigenvalue weighted by molar-refractivity contribution is 5.88. The van der Waals surface area contributed by atoms with Gasteiger partial charge in [0.25, 0.3) is 0 Å². The predicted octanol–water partition coefficient (Wildman–Crippen LogP) is 14.1. The third-order valence-corrected chi connectivity index (χ3v) is 11.9. The van der Waals surface area contributed by atoms with Crippen molar-refractivity contribution in [3.05, 3.63) is 288 Å². The van der Waals surface area contributed by atoms with E-state index in [-0.39, 0.29) is 5.82 Å². The average Bonchev–Trinajstić information content (AvgIpc) is 3.60. The van der Waals surface area contributed by atoms with Crippen LogP contribution in [0.1, 0.15) is 38.9 Å². The van der Waals surface area contributed by atoms with Gasteiger partial charge in [-0.05, 0) is 93.6 Å². The summed E-state index contributed by atoms with van der Waals surface area (Å²) in [7, 11) is 0. The summed E-state index contributed by atoms with van der Waals surface area (Å²) in [5, 5.41) is 0. The third kappa shape index (κ3) is 5.61. The third-order valence-electron chi connectivity index (χ3n) is 11.9. The van der Waals surface area contributed by atoms with Crippen molar-refractivity contribution < 1.29 is 9.13 Å². The predicted molar refractivity (Wildman–Crippen MR) is 239 cm³/mol. The molecule has 0 saturated heterocycles. The van der Waals surface area contributed by atoms with E-state index < -0.39 is 10.8 Å². The van der Waals surface area contributed by atoms with Crippen molar-refractivity contribution >= 4 is 11.4 Å². The molecule has 2 aliphatic rings. The first-order valence-corrected chi connectivity index (χ1v) is 20.0. The standard InChI is InChI=1S/C56H40FNO/c1-2-3-6-31-54(56(41-21-9-5-10-22-41)48-25-13-11-23-46(48)47-24-12-14-26-49(47)56)58(45-38-34-43(57)35-39-45)44-36-32-42(33-37-44)55(40-19-7-4-8-20-40)50-27-15-17-29-52(50)59-53-30-18-16-28-51(53)55/h2-39H,1H2/b6-3-,54-31-. The van der Waals surface area contributed by atoms with E-state index in [9.17, 15) is 4.39 Å². The molecule has 282 valence electrons. The van der Waals surface area contributed by atoms with Gasteiger partial charge in [-0.2, -0.15) is 0 Å². The van der Waals surface area contributed by atoms with Gasteiger partial charge in [0.15, 0.2) is 0 Å². The number of ether oxygens (including phenoxy) is 1. The van der Waals surface area contributed by atoms with Crippen LogP contribution < -0.4 is 9.64 Å². The topological polar surface area (TPSA) is 12.5 Å². The van der Waals surface area contributed by atoms with E-state index >= 15 is 0 Å². The van der Waals surface area contributed by atoms with Crippen LogP contribution >= 0.6 is 0 Å². The molecule has 0 N–H and O–H groups in total. The number of allylic oxidation sites excluding steroid dienone is 5. The highest BCUT2D eigenvalue weighted by atomic mass is 19.1. The Morgan fingerprint density at radius 2 is 0.898 bits per heavy atom. The zero-order chi connectivity index (χ0) is 39.8. The Labute approximate surface area is 345 Å².